The number of hydrogen-bond donors (Lipinski definition) is 2. The van der Waals surface area contributed by atoms with Crippen LogP contribution in [0, 0.1) is 28.6 Å². The molecule has 8 heteroatoms. The van der Waals surface area contributed by atoms with E-state index >= 15 is 0 Å². The molecule has 0 radical (unpaired) electrons. The van der Waals surface area contributed by atoms with E-state index in [1.807, 2.05) is 76.1 Å². The zero-order valence-electron chi connectivity index (χ0n) is 22.3. The number of aromatic nitrogens is 4. The molecule has 2 heterocycles. The summed E-state index contributed by atoms with van der Waals surface area (Å²) >= 11 is 0. The molecule has 0 saturated heterocycles. The van der Waals surface area contributed by atoms with Crippen molar-refractivity contribution >= 4 is 33.4 Å². The van der Waals surface area contributed by atoms with Crippen LogP contribution in [0.25, 0.3) is 33.4 Å². The number of fused-ring (bicyclic) bond motifs is 2. The summed E-state index contributed by atoms with van der Waals surface area (Å²) in [5.41, 5.74) is 14.6. The predicted molar refractivity (Wildman–Crippen MR) is 159 cm³/mol. The number of imidazole rings is 2. The molecule has 40 heavy (non-hydrogen) atoms. The van der Waals surface area contributed by atoms with Gasteiger partial charge in [0.1, 0.15) is 23.7 Å². The molecule has 4 aromatic carbocycles. The van der Waals surface area contributed by atoms with Crippen molar-refractivity contribution in [1.82, 2.24) is 19.1 Å². The van der Waals surface area contributed by atoms with Gasteiger partial charge in [-0.2, -0.15) is 10.5 Å². The molecule has 8 nitrogen and oxygen atoms in total. The highest BCUT2D eigenvalue weighted by atomic mass is 15.1. The predicted octanol–water partition coefficient (Wildman–Crippen LogP) is 6.44. The van der Waals surface area contributed by atoms with Crippen LogP contribution in [-0.4, -0.2) is 25.6 Å². The fraction of sp³-hybridized carbons (Fsp3) is 0.125. The smallest absolute Gasteiger partial charge is 0.112 e. The first-order chi connectivity index (χ1) is 19.5. The van der Waals surface area contributed by atoms with Crippen LogP contribution in [0.4, 0.5) is 11.4 Å². The Balaban J connectivity index is 0.000000164. The van der Waals surface area contributed by atoms with Crippen molar-refractivity contribution in [1.29, 1.82) is 10.5 Å². The molecule has 6 aromatic rings. The molecule has 0 spiro atoms. The Morgan fingerprint density at radius 1 is 0.725 bits per heavy atom. The van der Waals surface area contributed by atoms with Crippen molar-refractivity contribution in [3.05, 3.63) is 109 Å². The Morgan fingerprint density at radius 3 is 1.75 bits per heavy atom. The normalized spacial score (nSPS) is 10.6. The highest BCUT2D eigenvalue weighted by molar-refractivity contribution is 5.90. The molecule has 2 aromatic heterocycles. The lowest BCUT2D eigenvalue weighted by Crippen LogP contribution is -2.08. The van der Waals surface area contributed by atoms with E-state index in [9.17, 15) is 0 Å². The van der Waals surface area contributed by atoms with Crippen LogP contribution in [0.15, 0.2) is 97.6 Å². The minimum Gasteiger partial charge on any atom is -0.397 e. The van der Waals surface area contributed by atoms with E-state index in [0.29, 0.717) is 22.7 Å². The van der Waals surface area contributed by atoms with E-state index in [1.165, 1.54) is 0 Å². The molecule has 196 valence electrons. The number of anilines is 2. The zero-order chi connectivity index (χ0) is 28.1. The van der Waals surface area contributed by atoms with Gasteiger partial charge in [0.05, 0.1) is 45.7 Å². The molecular weight excluding hydrogens is 496 g/mol. The fourth-order valence-corrected chi connectivity index (χ4v) is 4.36. The summed E-state index contributed by atoms with van der Waals surface area (Å²) in [6.07, 6.45) is 3.56. The number of benzene rings is 4. The number of para-hydroxylation sites is 2. The average Bonchev–Trinajstić information content (AvgIpc) is 3.62. The quantitative estimate of drug-likeness (QED) is 0.250. The van der Waals surface area contributed by atoms with Crippen LogP contribution in [0.2, 0.25) is 0 Å². The van der Waals surface area contributed by atoms with Gasteiger partial charge in [0, 0.05) is 17.9 Å². The minimum absolute atomic E-state index is 0.580. The Morgan fingerprint density at radius 2 is 1.23 bits per heavy atom. The maximum Gasteiger partial charge on any atom is 0.112 e. The third kappa shape index (κ3) is 5.33. The largest absolute Gasteiger partial charge is 0.397 e. The van der Waals surface area contributed by atoms with Crippen molar-refractivity contribution in [2.24, 2.45) is 5.92 Å². The van der Waals surface area contributed by atoms with Crippen LogP contribution < -0.4 is 11.1 Å². The van der Waals surface area contributed by atoms with Gasteiger partial charge >= 0.3 is 0 Å². The van der Waals surface area contributed by atoms with Crippen LogP contribution >= 0.6 is 0 Å². The van der Waals surface area contributed by atoms with Crippen molar-refractivity contribution in [3.63, 3.8) is 0 Å². The SMILES string of the molecule is CC(C)CNc1cccc2c1ncn2-c1ccc(C#N)cc1.N#Cc1ccc(-n2cnc3c(N)cccc32)cc1. The topological polar surface area (TPSA) is 121 Å². The summed E-state index contributed by atoms with van der Waals surface area (Å²) in [5.74, 6) is 0.580. The van der Waals surface area contributed by atoms with E-state index in [2.05, 4.69) is 53.4 Å². The monoisotopic (exact) mass is 524 g/mol. The fourth-order valence-electron chi connectivity index (χ4n) is 4.36. The first kappa shape index (κ1) is 26.0. The van der Waals surface area contributed by atoms with Crippen LogP contribution in [0.3, 0.4) is 0 Å². The van der Waals surface area contributed by atoms with E-state index in [4.69, 9.17) is 16.3 Å². The summed E-state index contributed by atoms with van der Waals surface area (Å²) in [7, 11) is 0. The number of hydrogen-bond acceptors (Lipinski definition) is 6. The lowest BCUT2D eigenvalue weighted by molar-refractivity contribution is 0.689. The van der Waals surface area contributed by atoms with Gasteiger partial charge in [0.2, 0.25) is 0 Å². The second-order valence-corrected chi connectivity index (χ2v) is 9.71. The lowest BCUT2D eigenvalue weighted by Gasteiger charge is -2.10. The van der Waals surface area contributed by atoms with Gasteiger partial charge in [-0.15, -0.1) is 0 Å². The maximum atomic E-state index is 8.89. The molecule has 0 saturated carbocycles. The molecule has 3 N–H and O–H groups in total. The van der Waals surface area contributed by atoms with Crippen LogP contribution in [-0.2, 0) is 0 Å². The third-order valence-electron chi connectivity index (χ3n) is 6.43. The summed E-state index contributed by atoms with van der Waals surface area (Å²) < 4.78 is 3.99. The number of nitrogens with zero attached hydrogens (tertiary/aromatic N) is 6. The van der Waals surface area contributed by atoms with Gasteiger partial charge in [0.15, 0.2) is 0 Å². The number of nitrogen functional groups attached to an aromatic ring is 1. The number of rotatable bonds is 5. The minimum atomic E-state index is 0.580. The Hall–Kier alpha value is -5.60. The second kappa shape index (κ2) is 11.4. The van der Waals surface area contributed by atoms with Gasteiger partial charge in [0.25, 0.3) is 0 Å². The van der Waals surface area contributed by atoms with E-state index in [-0.39, 0.29) is 0 Å². The van der Waals surface area contributed by atoms with E-state index in [1.54, 1.807) is 18.5 Å². The van der Waals surface area contributed by atoms with Crippen molar-refractivity contribution in [2.45, 2.75) is 13.8 Å². The summed E-state index contributed by atoms with van der Waals surface area (Å²) in [6.45, 7) is 5.29. The van der Waals surface area contributed by atoms with E-state index < -0.39 is 0 Å². The molecule has 6 rings (SSSR count). The number of nitriles is 2. The maximum absolute atomic E-state index is 8.89. The van der Waals surface area contributed by atoms with Gasteiger partial charge in [-0.3, -0.25) is 9.13 Å². The molecule has 0 aliphatic heterocycles. The lowest BCUT2D eigenvalue weighted by atomic mass is 10.2. The van der Waals surface area contributed by atoms with Crippen LogP contribution in [0.1, 0.15) is 25.0 Å². The average molecular weight is 525 g/mol. The Labute approximate surface area is 232 Å². The van der Waals surface area contributed by atoms with Crippen molar-refractivity contribution in [3.8, 4) is 23.5 Å². The first-order valence-corrected chi connectivity index (χ1v) is 12.9. The zero-order valence-corrected chi connectivity index (χ0v) is 22.3. The molecule has 0 unspecified atom stereocenters. The standard InChI is InChI=1S/C18H18N4.C14H10N4/c1-13(2)11-20-16-4-3-5-17-18(16)21-12-22(17)15-8-6-14(10-19)7-9-15;15-8-10-4-6-11(7-5-10)18-9-17-14-12(16)2-1-3-13(14)18/h3-9,12-13,20H,11H2,1-2H3;1-7,9H,16H2. The summed E-state index contributed by atoms with van der Waals surface area (Å²) in [5, 5.41) is 21.1. The highest BCUT2D eigenvalue weighted by Gasteiger charge is 2.09. The van der Waals surface area contributed by atoms with E-state index in [0.717, 1.165) is 45.7 Å². The molecular formula is C32H28N8. The Bertz CT molecular complexity index is 1850. The number of nitrogens with one attached hydrogen (secondary N) is 1. The van der Waals surface area contributed by atoms with Gasteiger partial charge < -0.3 is 11.1 Å². The van der Waals surface area contributed by atoms with Crippen molar-refractivity contribution < 1.29 is 0 Å². The first-order valence-electron chi connectivity index (χ1n) is 12.9. The summed E-state index contributed by atoms with van der Waals surface area (Å²) in [4.78, 5) is 8.86. The molecule has 0 fully saturated rings. The van der Waals surface area contributed by atoms with Crippen molar-refractivity contribution in [2.75, 3.05) is 17.6 Å². The third-order valence-corrected chi connectivity index (χ3v) is 6.43. The summed E-state index contributed by atoms with van der Waals surface area (Å²) in [6, 6.07) is 31.0. The second-order valence-electron chi connectivity index (χ2n) is 9.71. The van der Waals surface area contributed by atoms with Gasteiger partial charge in [-0.05, 0) is 78.7 Å². The van der Waals surface area contributed by atoms with Crippen LogP contribution in [0.5, 0.6) is 0 Å². The number of nitrogens with two attached hydrogens (primary N) is 1. The molecule has 0 amide bonds. The van der Waals surface area contributed by atoms with Gasteiger partial charge in [-0.25, -0.2) is 9.97 Å². The Kier molecular flexibility index (Phi) is 7.43. The molecule has 0 aliphatic carbocycles. The highest BCUT2D eigenvalue weighted by Crippen LogP contribution is 2.25. The van der Waals surface area contributed by atoms with Gasteiger partial charge in [-0.1, -0.05) is 26.0 Å². The molecule has 0 bridgehead atoms. The molecule has 0 atom stereocenters. The molecule has 0 aliphatic rings.